The third kappa shape index (κ3) is 5.28. The van der Waals surface area contributed by atoms with Gasteiger partial charge in [0.2, 0.25) is 0 Å². The third-order valence-electron chi connectivity index (χ3n) is 3.05. The Morgan fingerprint density at radius 2 is 2.25 bits per heavy atom. The molecule has 1 rings (SSSR count). The fraction of sp³-hybridized carbons (Fsp3) is 0.438. The zero-order valence-electron chi connectivity index (χ0n) is 12.3. The van der Waals surface area contributed by atoms with Crippen LogP contribution in [0.15, 0.2) is 18.2 Å². The molecule has 1 unspecified atom stereocenters. The summed E-state index contributed by atoms with van der Waals surface area (Å²) in [6.07, 6.45) is 3.06. The summed E-state index contributed by atoms with van der Waals surface area (Å²) in [6.45, 7) is 5.16. The number of amides is 1. The van der Waals surface area contributed by atoms with Gasteiger partial charge in [0.1, 0.15) is 0 Å². The number of carbonyl (C=O) groups excluding carboxylic acids is 1. The van der Waals surface area contributed by atoms with Crippen LogP contribution in [0.1, 0.15) is 34.8 Å². The van der Waals surface area contributed by atoms with Crippen LogP contribution in [0, 0.1) is 18.8 Å². The molecule has 20 heavy (non-hydrogen) atoms. The molecule has 0 bridgehead atoms. The number of thioether (sulfide) groups is 1. The van der Waals surface area contributed by atoms with Gasteiger partial charge in [-0.25, -0.2) is 0 Å². The first-order valence-corrected chi connectivity index (χ1v) is 7.97. The Morgan fingerprint density at radius 3 is 2.85 bits per heavy atom. The van der Waals surface area contributed by atoms with Gasteiger partial charge in [-0.15, -0.1) is 0 Å². The first-order chi connectivity index (χ1) is 9.58. The molecular weight excluding hydrogens is 268 g/mol. The van der Waals surface area contributed by atoms with Gasteiger partial charge in [-0.2, -0.15) is 11.8 Å². The number of rotatable bonds is 5. The van der Waals surface area contributed by atoms with Gasteiger partial charge >= 0.3 is 0 Å². The number of hydrogen-bond donors (Lipinski definition) is 2. The Morgan fingerprint density at radius 1 is 1.50 bits per heavy atom. The monoisotopic (exact) mass is 290 g/mol. The topological polar surface area (TPSA) is 55.1 Å². The van der Waals surface area contributed by atoms with Gasteiger partial charge in [0.15, 0.2) is 0 Å². The van der Waals surface area contributed by atoms with E-state index in [1.807, 2.05) is 30.8 Å². The Kier molecular flexibility index (Phi) is 7.21. The molecule has 0 spiro atoms. The van der Waals surface area contributed by atoms with Crippen molar-refractivity contribution in [2.24, 2.45) is 5.73 Å². The SMILES string of the molecule is CSC(C)CCNC(=O)c1ccc(C#CCN)c(C)c1. The number of nitrogens with one attached hydrogen (secondary N) is 1. The molecule has 108 valence electrons. The van der Waals surface area contributed by atoms with E-state index < -0.39 is 0 Å². The van der Waals surface area contributed by atoms with Gasteiger partial charge in [-0.05, 0) is 43.4 Å². The lowest BCUT2D eigenvalue weighted by molar-refractivity contribution is 0.0953. The van der Waals surface area contributed by atoms with Gasteiger partial charge in [0, 0.05) is 22.9 Å². The van der Waals surface area contributed by atoms with Crippen LogP contribution >= 0.6 is 11.8 Å². The van der Waals surface area contributed by atoms with Gasteiger partial charge in [0.05, 0.1) is 6.54 Å². The zero-order valence-corrected chi connectivity index (χ0v) is 13.1. The summed E-state index contributed by atoms with van der Waals surface area (Å²) in [7, 11) is 0. The van der Waals surface area contributed by atoms with Crippen molar-refractivity contribution in [2.75, 3.05) is 19.3 Å². The van der Waals surface area contributed by atoms with Crippen molar-refractivity contribution in [3.05, 3.63) is 34.9 Å². The molecule has 1 amide bonds. The summed E-state index contributed by atoms with van der Waals surface area (Å²) in [5.41, 5.74) is 7.95. The van der Waals surface area contributed by atoms with Gasteiger partial charge < -0.3 is 11.1 Å². The summed E-state index contributed by atoms with van der Waals surface area (Å²) in [4.78, 5) is 12.0. The van der Waals surface area contributed by atoms with Gasteiger partial charge in [0.25, 0.3) is 5.91 Å². The number of nitrogens with two attached hydrogens (primary N) is 1. The van der Waals surface area contributed by atoms with Crippen LogP contribution in [0.2, 0.25) is 0 Å². The van der Waals surface area contributed by atoms with E-state index in [0.29, 0.717) is 23.9 Å². The van der Waals surface area contributed by atoms with E-state index in [2.05, 4.69) is 30.3 Å². The first kappa shape index (κ1) is 16.6. The van der Waals surface area contributed by atoms with Crippen molar-refractivity contribution < 1.29 is 4.79 Å². The molecule has 0 saturated heterocycles. The lowest BCUT2D eigenvalue weighted by Gasteiger charge is -2.10. The minimum Gasteiger partial charge on any atom is -0.352 e. The molecule has 0 saturated carbocycles. The van der Waals surface area contributed by atoms with Crippen molar-refractivity contribution in [1.82, 2.24) is 5.32 Å². The lowest BCUT2D eigenvalue weighted by Crippen LogP contribution is -2.26. The van der Waals surface area contributed by atoms with Crippen LogP contribution in [0.25, 0.3) is 0 Å². The van der Waals surface area contributed by atoms with Crippen molar-refractivity contribution in [3.63, 3.8) is 0 Å². The van der Waals surface area contributed by atoms with E-state index in [-0.39, 0.29) is 5.91 Å². The van der Waals surface area contributed by atoms with Crippen molar-refractivity contribution in [2.45, 2.75) is 25.5 Å². The maximum absolute atomic E-state index is 12.0. The normalized spacial score (nSPS) is 11.4. The van der Waals surface area contributed by atoms with E-state index in [1.54, 1.807) is 6.07 Å². The minimum absolute atomic E-state index is 0.0280. The second-order valence-electron chi connectivity index (χ2n) is 4.63. The van der Waals surface area contributed by atoms with Crippen molar-refractivity contribution >= 4 is 17.7 Å². The highest BCUT2D eigenvalue weighted by molar-refractivity contribution is 7.99. The summed E-state index contributed by atoms with van der Waals surface area (Å²) in [5.74, 6) is 5.79. The smallest absolute Gasteiger partial charge is 0.251 e. The van der Waals surface area contributed by atoms with E-state index in [1.165, 1.54) is 0 Å². The van der Waals surface area contributed by atoms with Crippen LogP contribution in [0.4, 0.5) is 0 Å². The van der Waals surface area contributed by atoms with Crippen LogP contribution in [-0.2, 0) is 0 Å². The molecule has 0 heterocycles. The molecule has 0 fully saturated rings. The molecular formula is C16H22N2OS. The molecule has 0 aliphatic rings. The number of hydrogen-bond acceptors (Lipinski definition) is 3. The molecule has 0 aliphatic heterocycles. The van der Waals surface area contributed by atoms with E-state index >= 15 is 0 Å². The summed E-state index contributed by atoms with van der Waals surface area (Å²) in [5, 5.41) is 3.51. The summed E-state index contributed by atoms with van der Waals surface area (Å²) >= 11 is 1.81. The maximum atomic E-state index is 12.0. The third-order valence-corrected chi connectivity index (χ3v) is 4.09. The number of carbonyl (C=O) groups is 1. The maximum Gasteiger partial charge on any atom is 0.251 e. The van der Waals surface area contributed by atoms with Crippen LogP contribution < -0.4 is 11.1 Å². The molecule has 1 aromatic rings. The van der Waals surface area contributed by atoms with Crippen LogP contribution in [0.5, 0.6) is 0 Å². The highest BCUT2D eigenvalue weighted by Gasteiger charge is 2.07. The predicted molar refractivity (Wildman–Crippen MR) is 87.0 cm³/mol. The molecule has 1 atom stereocenters. The number of benzene rings is 1. The Labute approximate surface area is 125 Å². The minimum atomic E-state index is -0.0280. The van der Waals surface area contributed by atoms with E-state index in [4.69, 9.17) is 5.73 Å². The first-order valence-electron chi connectivity index (χ1n) is 6.69. The molecule has 3 N–H and O–H groups in total. The molecule has 0 radical (unpaired) electrons. The van der Waals surface area contributed by atoms with Crippen molar-refractivity contribution in [1.29, 1.82) is 0 Å². The fourth-order valence-corrected chi connectivity index (χ4v) is 2.05. The Hall–Kier alpha value is -1.44. The average molecular weight is 290 g/mol. The second-order valence-corrected chi connectivity index (χ2v) is 5.90. The Balaban J connectivity index is 2.63. The molecule has 0 aliphatic carbocycles. The molecule has 0 aromatic heterocycles. The van der Waals surface area contributed by atoms with E-state index in [0.717, 1.165) is 17.5 Å². The predicted octanol–water partition coefficient (Wildman–Crippen LogP) is 2.18. The second kappa shape index (κ2) is 8.68. The van der Waals surface area contributed by atoms with Crippen molar-refractivity contribution in [3.8, 4) is 11.8 Å². The summed E-state index contributed by atoms with van der Waals surface area (Å²) < 4.78 is 0. The molecule has 3 nitrogen and oxygen atoms in total. The fourth-order valence-electron chi connectivity index (χ4n) is 1.70. The quantitative estimate of drug-likeness (QED) is 0.817. The summed E-state index contributed by atoms with van der Waals surface area (Å²) in [6, 6.07) is 5.55. The standard InChI is InChI=1S/C16H22N2OS/c1-12-11-15(7-6-14(12)5-4-9-17)16(19)18-10-8-13(2)20-3/h6-7,11,13H,8-10,17H2,1-3H3,(H,18,19). The average Bonchev–Trinajstić information content (AvgIpc) is 2.45. The highest BCUT2D eigenvalue weighted by Crippen LogP contribution is 2.11. The number of aryl methyl sites for hydroxylation is 1. The zero-order chi connectivity index (χ0) is 15.0. The Bertz CT molecular complexity index is 517. The van der Waals surface area contributed by atoms with E-state index in [9.17, 15) is 4.79 Å². The van der Waals surface area contributed by atoms with Gasteiger partial charge in [-0.3, -0.25) is 4.79 Å². The molecule has 4 heteroatoms. The largest absolute Gasteiger partial charge is 0.352 e. The van der Waals surface area contributed by atoms with Crippen LogP contribution in [0.3, 0.4) is 0 Å². The molecule has 1 aromatic carbocycles. The highest BCUT2D eigenvalue weighted by atomic mass is 32.2. The van der Waals surface area contributed by atoms with Crippen LogP contribution in [-0.4, -0.2) is 30.5 Å². The van der Waals surface area contributed by atoms with Gasteiger partial charge in [-0.1, -0.05) is 18.8 Å². The lowest BCUT2D eigenvalue weighted by atomic mass is 10.0.